The Balaban J connectivity index is 2.21. The maximum atomic E-state index is 11.2. The zero-order chi connectivity index (χ0) is 14.5. The minimum Gasteiger partial charge on any atom is -0.363 e. The number of aromatic nitrogens is 1. The van der Waals surface area contributed by atoms with E-state index in [0.29, 0.717) is 11.6 Å². The predicted octanol–water partition coefficient (Wildman–Crippen LogP) is 2.20. The topological polar surface area (TPSA) is 71.3 Å². The molecule has 1 saturated heterocycles. The monoisotopic (exact) mass is 278 g/mol. The fourth-order valence-corrected chi connectivity index (χ4v) is 2.71. The third kappa shape index (κ3) is 3.45. The van der Waals surface area contributed by atoms with Crippen molar-refractivity contribution in [2.75, 3.05) is 24.5 Å². The summed E-state index contributed by atoms with van der Waals surface area (Å²) in [6.45, 7) is 7.05. The number of nitrogens with one attached hydrogen (secondary N) is 1. The molecule has 1 fully saturated rings. The Morgan fingerprint density at radius 3 is 3.00 bits per heavy atom. The van der Waals surface area contributed by atoms with E-state index in [1.54, 1.807) is 12.3 Å². The van der Waals surface area contributed by atoms with Gasteiger partial charge in [-0.2, -0.15) is 0 Å². The van der Waals surface area contributed by atoms with E-state index < -0.39 is 0 Å². The first kappa shape index (κ1) is 14.7. The lowest BCUT2D eigenvalue weighted by molar-refractivity contribution is -0.384. The molecule has 0 bridgehead atoms. The average molecular weight is 278 g/mol. The van der Waals surface area contributed by atoms with Gasteiger partial charge in [-0.05, 0) is 51.8 Å². The summed E-state index contributed by atoms with van der Waals surface area (Å²) >= 11 is 0. The molecule has 0 amide bonds. The van der Waals surface area contributed by atoms with Crippen LogP contribution in [0.1, 0.15) is 26.7 Å². The lowest BCUT2D eigenvalue weighted by atomic mass is 9.98. The van der Waals surface area contributed by atoms with E-state index in [1.165, 1.54) is 19.0 Å². The van der Waals surface area contributed by atoms with Gasteiger partial charge in [-0.3, -0.25) is 15.1 Å². The Labute approximate surface area is 119 Å². The van der Waals surface area contributed by atoms with Crippen LogP contribution in [0.15, 0.2) is 18.5 Å². The number of pyridine rings is 1. The molecule has 1 aliphatic rings. The van der Waals surface area contributed by atoms with Crippen LogP contribution in [0.25, 0.3) is 0 Å². The van der Waals surface area contributed by atoms with Gasteiger partial charge in [0.25, 0.3) is 0 Å². The highest BCUT2D eigenvalue weighted by Crippen LogP contribution is 2.29. The molecule has 0 saturated carbocycles. The van der Waals surface area contributed by atoms with Crippen LogP contribution in [0.3, 0.4) is 0 Å². The normalized spacial score (nSPS) is 19.1. The summed E-state index contributed by atoms with van der Waals surface area (Å²) in [6.07, 6.45) is 5.31. The molecular weight excluding hydrogens is 256 g/mol. The van der Waals surface area contributed by atoms with Gasteiger partial charge in [0.15, 0.2) is 0 Å². The van der Waals surface area contributed by atoms with Crippen LogP contribution in [0.4, 0.5) is 11.4 Å². The summed E-state index contributed by atoms with van der Waals surface area (Å²) < 4.78 is 0. The highest BCUT2D eigenvalue weighted by molar-refractivity contribution is 5.62. The summed E-state index contributed by atoms with van der Waals surface area (Å²) in [4.78, 5) is 16.8. The second-order valence-corrected chi connectivity index (χ2v) is 5.58. The number of rotatable bonds is 5. The van der Waals surface area contributed by atoms with Crippen LogP contribution < -0.4 is 10.2 Å². The summed E-state index contributed by atoms with van der Waals surface area (Å²) in [5, 5.41) is 14.6. The van der Waals surface area contributed by atoms with E-state index in [9.17, 15) is 10.1 Å². The fraction of sp³-hybridized carbons (Fsp3) is 0.643. The Morgan fingerprint density at radius 2 is 2.40 bits per heavy atom. The Bertz CT molecular complexity index is 458. The van der Waals surface area contributed by atoms with Gasteiger partial charge < -0.3 is 10.2 Å². The predicted molar refractivity (Wildman–Crippen MR) is 79.0 cm³/mol. The summed E-state index contributed by atoms with van der Waals surface area (Å²) in [5.41, 5.74) is 0.760. The van der Waals surface area contributed by atoms with Gasteiger partial charge in [0.2, 0.25) is 0 Å². The molecule has 1 unspecified atom stereocenters. The van der Waals surface area contributed by atoms with Gasteiger partial charge in [0, 0.05) is 18.8 Å². The SMILES string of the molecule is CC(C)N(CC1CCCNC1)c1ccncc1[N+](=O)[O-]. The molecule has 2 heterocycles. The maximum Gasteiger partial charge on any atom is 0.310 e. The fourth-order valence-electron chi connectivity index (χ4n) is 2.71. The van der Waals surface area contributed by atoms with E-state index in [1.807, 2.05) is 0 Å². The van der Waals surface area contributed by atoms with Gasteiger partial charge in [-0.15, -0.1) is 0 Å². The summed E-state index contributed by atoms with van der Waals surface area (Å²) in [6, 6.07) is 1.96. The number of piperidine rings is 1. The lowest BCUT2D eigenvalue weighted by Crippen LogP contribution is -2.41. The van der Waals surface area contributed by atoms with Crippen molar-refractivity contribution in [1.82, 2.24) is 10.3 Å². The third-order valence-corrected chi connectivity index (χ3v) is 3.76. The minimum atomic E-state index is -0.350. The number of hydrogen-bond acceptors (Lipinski definition) is 5. The van der Waals surface area contributed by atoms with Crippen molar-refractivity contribution in [1.29, 1.82) is 0 Å². The average Bonchev–Trinajstić information content (AvgIpc) is 2.45. The molecule has 20 heavy (non-hydrogen) atoms. The van der Waals surface area contributed by atoms with Crippen LogP contribution in [0.5, 0.6) is 0 Å². The highest BCUT2D eigenvalue weighted by Gasteiger charge is 2.24. The molecule has 110 valence electrons. The molecule has 1 aliphatic heterocycles. The van der Waals surface area contributed by atoms with E-state index >= 15 is 0 Å². The quantitative estimate of drug-likeness (QED) is 0.660. The molecule has 0 spiro atoms. The first-order chi connectivity index (χ1) is 9.59. The molecule has 6 heteroatoms. The number of anilines is 1. The van der Waals surface area contributed by atoms with Crippen LogP contribution >= 0.6 is 0 Å². The molecule has 2 rings (SSSR count). The first-order valence-electron chi connectivity index (χ1n) is 7.15. The van der Waals surface area contributed by atoms with E-state index in [4.69, 9.17) is 0 Å². The Morgan fingerprint density at radius 1 is 1.60 bits per heavy atom. The van der Waals surface area contributed by atoms with Gasteiger partial charge in [0.1, 0.15) is 11.9 Å². The number of nitro groups is 1. The van der Waals surface area contributed by atoms with Crippen LogP contribution in [0.2, 0.25) is 0 Å². The molecular formula is C14H22N4O2. The second-order valence-electron chi connectivity index (χ2n) is 5.58. The summed E-state index contributed by atoms with van der Waals surface area (Å²) in [7, 11) is 0. The van der Waals surface area contributed by atoms with Gasteiger partial charge >= 0.3 is 5.69 Å². The molecule has 6 nitrogen and oxygen atoms in total. The lowest BCUT2D eigenvalue weighted by Gasteiger charge is -2.34. The Hall–Kier alpha value is -1.69. The third-order valence-electron chi connectivity index (χ3n) is 3.76. The van der Waals surface area contributed by atoms with Gasteiger partial charge in [-0.25, -0.2) is 0 Å². The summed E-state index contributed by atoms with van der Waals surface area (Å²) in [5.74, 6) is 0.541. The van der Waals surface area contributed by atoms with Gasteiger partial charge in [-0.1, -0.05) is 0 Å². The van der Waals surface area contributed by atoms with Crippen molar-refractivity contribution in [3.8, 4) is 0 Å². The zero-order valence-corrected chi connectivity index (χ0v) is 12.1. The van der Waals surface area contributed by atoms with Crippen LogP contribution in [-0.4, -0.2) is 35.6 Å². The molecule has 1 aromatic rings. The van der Waals surface area contributed by atoms with E-state index in [-0.39, 0.29) is 16.7 Å². The van der Waals surface area contributed by atoms with Crippen molar-refractivity contribution in [2.24, 2.45) is 5.92 Å². The molecule has 1 atom stereocenters. The maximum absolute atomic E-state index is 11.2. The van der Waals surface area contributed by atoms with E-state index in [0.717, 1.165) is 19.6 Å². The first-order valence-corrected chi connectivity index (χ1v) is 7.15. The van der Waals surface area contributed by atoms with E-state index in [2.05, 4.69) is 29.0 Å². The van der Waals surface area contributed by atoms with Gasteiger partial charge in [0.05, 0.1) is 4.92 Å². The highest BCUT2D eigenvalue weighted by atomic mass is 16.6. The van der Waals surface area contributed by atoms with Crippen LogP contribution in [0, 0.1) is 16.0 Å². The zero-order valence-electron chi connectivity index (χ0n) is 12.1. The van der Waals surface area contributed by atoms with Crippen molar-refractivity contribution >= 4 is 11.4 Å². The van der Waals surface area contributed by atoms with Crippen molar-refractivity contribution < 1.29 is 4.92 Å². The van der Waals surface area contributed by atoms with Crippen molar-refractivity contribution in [2.45, 2.75) is 32.7 Å². The standard InChI is InChI=1S/C14H22N4O2/c1-11(2)17(10-12-4-3-6-15-8-12)13-5-7-16-9-14(13)18(19)20/h5,7,9,11-12,15H,3-4,6,8,10H2,1-2H3. The molecule has 0 aromatic carbocycles. The molecule has 1 aromatic heterocycles. The minimum absolute atomic E-state index is 0.0879. The molecule has 0 aliphatic carbocycles. The Kier molecular flexibility index (Phi) is 4.89. The van der Waals surface area contributed by atoms with Crippen molar-refractivity contribution in [3.63, 3.8) is 0 Å². The van der Waals surface area contributed by atoms with Crippen LogP contribution in [-0.2, 0) is 0 Å². The second kappa shape index (κ2) is 6.65. The largest absolute Gasteiger partial charge is 0.363 e. The number of nitrogens with zero attached hydrogens (tertiary/aromatic N) is 3. The molecule has 0 radical (unpaired) electrons. The van der Waals surface area contributed by atoms with Crippen molar-refractivity contribution in [3.05, 3.63) is 28.6 Å². The smallest absolute Gasteiger partial charge is 0.310 e. The number of hydrogen-bond donors (Lipinski definition) is 1. The molecule has 1 N–H and O–H groups in total.